The summed E-state index contributed by atoms with van der Waals surface area (Å²) in [5, 5.41) is 3.20. The quantitative estimate of drug-likeness (QED) is 0.872. The summed E-state index contributed by atoms with van der Waals surface area (Å²) in [7, 11) is 1.98. The van der Waals surface area contributed by atoms with E-state index in [0.29, 0.717) is 6.04 Å². The van der Waals surface area contributed by atoms with Crippen LogP contribution >= 0.6 is 15.9 Å². The molecule has 0 saturated heterocycles. The topological polar surface area (TPSA) is 15.3 Å². The average molecular weight is 345 g/mol. The van der Waals surface area contributed by atoms with Gasteiger partial charge in [0.25, 0.3) is 0 Å². The zero-order valence-corrected chi connectivity index (χ0v) is 14.2. The number of hydrogen-bond acceptors (Lipinski definition) is 2. The molecule has 0 bridgehead atoms. The van der Waals surface area contributed by atoms with Gasteiger partial charge < -0.3 is 10.2 Å². The molecule has 1 N–H and O–H groups in total. The lowest BCUT2D eigenvalue weighted by atomic mass is 9.96. The van der Waals surface area contributed by atoms with Crippen LogP contribution in [0.25, 0.3) is 0 Å². The molecule has 1 aliphatic heterocycles. The Hall–Kier alpha value is -1.32. The second-order valence-corrected chi connectivity index (χ2v) is 6.55. The van der Waals surface area contributed by atoms with E-state index in [1.54, 1.807) is 0 Å². The Labute approximate surface area is 135 Å². The Bertz CT molecular complexity index is 639. The molecule has 3 heteroatoms. The zero-order valence-electron chi connectivity index (χ0n) is 12.6. The molecule has 1 unspecified atom stereocenters. The third kappa shape index (κ3) is 2.85. The molecular formula is C18H21BrN2. The normalized spacial score (nSPS) is 17.7. The first-order chi connectivity index (χ1) is 10.2. The molecule has 1 heterocycles. The Morgan fingerprint density at radius 1 is 1.24 bits per heavy atom. The maximum absolute atomic E-state index is 3.71. The van der Waals surface area contributed by atoms with Gasteiger partial charge in [0.1, 0.15) is 0 Å². The molecule has 1 aliphatic rings. The molecule has 0 aromatic heterocycles. The minimum atomic E-state index is 0.530. The third-order valence-electron chi connectivity index (χ3n) is 4.21. The molecule has 3 rings (SSSR count). The molecule has 1 atom stereocenters. The summed E-state index contributed by atoms with van der Waals surface area (Å²) in [4.78, 5) is 2.47. The lowest BCUT2D eigenvalue weighted by Crippen LogP contribution is -2.33. The first-order valence-corrected chi connectivity index (χ1v) is 8.30. The number of rotatable bonds is 3. The number of fused-ring (bicyclic) bond motifs is 1. The van der Waals surface area contributed by atoms with Gasteiger partial charge in [-0.3, -0.25) is 0 Å². The number of hydrogen-bond donors (Lipinski definition) is 1. The molecule has 0 fully saturated rings. The molecule has 0 spiro atoms. The SMILES string of the molecule is CNCc1ccc(N2c3ccccc3CCC2C)cc1Br. The first-order valence-electron chi connectivity index (χ1n) is 7.51. The number of halogens is 1. The van der Waals surface area contributed by atoms with Crippen LogP contribution in [0.2, 0.25) is 0 Å². The molecule has 110 valence electrons. The standard InChI is InChI=1S/C18H21BrN2/c1-13-7-8-14-5-3-4-6-18(14)21(13)16-10-9-15(12-20-2)17(19)11-16/h3-6,9-11,13,20H,7-8,12H2,1-2H3. The van der Waals surface area contributed by atoms with Crippen molar-refractivity contribution in [2.75, 3.05) is 11.9 Å². The second-order valence-electron chi connectivity index (χ2n) is 5.69. The van der Waals surface area contributed by atoms with Crippen molar-refractivity contribution in [3.63, 3.8) is 0 Å². The Balaban J connectivity index is 2.01. The summed E-state index contributed by atoms with van der Waals surface area (Å²) in [6.45, 7) is 3.19. The highest BCUT2D eigenvalue weighted by molar-refractivity contribution is 9.10. The molecule has 0 saturated carbocycles. The van der Waals surface area contributed by atoms with E-state index in [0.717, 1.165) is 6.54 Å². The molecular weight excluding hydrogens is 324 g/mol. The van der Waals surface area contributed by atoms with E-state index in [2.05, 4.69) is 75.5 Å². The fourth-order valence-corrected chi connectivity index (χ4v) is 3.61. The lowest BCUT2D eigenvalue weighted by molar-refractivity contribution is 0.618. The predicted octanol–water partition coefficient (Wildman–Crippen LogP) is 4.64. The van der Waals surface area contributed by atoms with Gasteiger partial charge in [-0.1, -0.05) is 40.2 Å². The summed E-state index contributed by atoms with van der Waals surface area (Å²) >= 11 is 3.71. The monoisotopic (exact) mass is 344 g/mol. The van der Waals surface area contributed by atoms with Crippen LogP contribution in [-0.2, 0) is 13.0 Å². The molecule has 2 nitrogen and oxygen atoms in total. The molecule has 0 aliphatic carbocycles. The van der Waals surface area contributed by atoms with Crippen LogP contribution in [0, 0.1) is 0 Å². The minimum Gasteiger partial charge on any atom is -0.338 e. The van der Waals surface area contributed by atoms with Crippen LogP contribution in [0.15, 0.2) is 46.9 Å². The van der Waals surface area contributed by atoms with Gasteiger partial charge >= 0.3 is 0 Å². The van der Waals surface area contributed by atoms with Crippen LogP contribution < -0.4 is 10.2 Å². The van der Waals surface area contributed by atoms with Gasteiger partial charge in [0, 0.05) is 28.4 Å². The van der Waals surface area contributed by atoms with Gasteiger partial charge in [-0.15, -0.1) is 0 Å². The van der Waals surface area contributed by atoms with E-state index in [1.165, 1.54) is 39.8 Å². The summed E-state index contributed by atoms with van der Waals surface area (Å²) in [6.07, 6.45) is 2.37. The van der Waals surface area contributed by atoms with Gasteiger partial charge in [0.2, 0.25) is 0 Å². The van der Waals surface area contributed by atoms with Crippen molar-refractivity contribution >= 4 is 27.3 Å². The highest BCUT2D eigenvalue weighted by atomic mass is 79.9. The van der Waals surface area contributed by atoms with Crippen LogP contribution in [-0.4, -0.2) is 13.1 Å². The van der Waals surface area contributed by atoms with Gasteiger partial charge in [-0.05, 0) is 56.1 Å². The highest BCUT2D eigenvalue weighted by Crippen LogP contribution is 2.38. The molecule has 2 aromatic carbocycles. The number of benzene rings is 2. The fraction of sp³-hybridized carbons (Fsp3) is 0.333. The van der Waals surface area contributed by atoms with Crippen molar-refractivity contribution in [1.29, 1.82) is 0 Å². The smallest absolute Gasteiger partial charge is 0.0445 e. The minimum absolute atomic E-state index is 0.530. The van der Waals surface area contributed by atoms with Crippen molar-refractivity contribution in [2.45, 2.75) is 32.4 Å². The van der Waals surface area contributed by atoms with Crippen molar-refractivity contribution in [3.8, 4) is 0 Å². The Morgan fingerprint density at radius 3 is 2.81 bits per heavy atom. The van der Waals surface area contributed by atoms with Crippen LogP contribution in [0.4, 0.5) is 11.4 Å². The lowest BCUT2D eigenvalue weighted by Gasteiger charge is -2.37. The molecule has 2 aromatic rings. The molecule has 0 radical (unpaired) electrons. The maximum Gasteiger partial charge on any atom is 0.0445 e. The zero-order chi connectivity index (χ0) is 14.8. The summed E-state index contributed by atoms with van der Waals surface area (Å²) in [5.41, 5.74) is 5.36. The Morgan fingerprint density at radius 2 is 2.05 bits per heavy atom. The Kier molecular flexibility index (Phi) is 4.32. The van der Waals surface area contributed by atoms with E-state index in [-0.39, 0.29) is 0 Å². The van der Waals surface area contributed by atoms with E-state index in [1.807, 2.05) is 7.05 Å². The number of para-hydroxylation sites is 1. The van der Waals surface area contributed by atoms with Gasteiger partial charge in [-0.25, -0.2) is 0 Å². The van der Waals surface area contributed by atoms with Gasteiger partial charge in [0.15, 0.2) is 0 Å². The predicted molar refractivity (Wildman–Crippen MR) is 93.3 cm³/mol. The van der Waals surface area contributed by atoms with E-state index < -0.39 is 0 Å². The average Bonchev–Trinajstić information content (AvgIpc) is 2.49. The van der Waals surface area contributed by atoms with Crippen LogP contribution in [0.5, 0.6) is 0 Å². The van der Waals surface area contributed by atoms with Gasteiger partial charge in [-0.2, -0.15) is 0 Å². The second kappa shape index (κ2) is 6.20. The van der Waals surface area contributed by atoms with Crippen molar-refractivity contribution in [3.05, 3.63) is 58.1 Å². The number of anilines is 2. The summed E-state index contributed by atoms with van der Waals surface area (Å²) < 4.78 is 1.17. The third-order valence-corrected chi connectivity index (χ3v) is 4.94. The number of nitrogens with one attached hydrogen (secondary N) is 1. The fourth-order valence-electron chi connectivity index (χ4n) is 3.10. The van der Waals surface area contributed by atoms with Crippen molar-refractivity contribution in [1.82, 2.24) is 5.32 Å². The van der Waals surface area contributed by atoms with Crippen molar-refractivity contribution < 1.29 is 0 Å². The number of nitrogens with zero attached hydrogens (tertiary/aromatic N) is 1. The first kappa shape index (κ1) is 14.6. The maximum atomic E-state index is 3.71. The molecule has 0 amide bonds. The van der Waals surface area contributed by atoms with E-state index in [4.69, 9.17) is 0 Å². The summed E-state index contributed by atoms with van der Waals surface area (Å²) in [6, 6.07) is 16.0. The van der Waals surface area contributed by atoms with Crippen LogP contribution in [0.1, 0.15) is 24.5 Å². The van der Waals surface area contributed by atoms with Crippen LogP contribution in [0.3, 0.4) is 0 Å². The highest BCUT2D eigenvalue weighted by Gasteiger charge is 2.24. The summed E-state index contributed by atoms with van der Waals surface area (Å²) in [5.74, 6) is 0. The molecule has 21 heavy (non-hydrogen) atoms. The largest absolute Gasteiger partial charge is 0.338 e. The van der Waals surface area contributed by atoms with Gasteiger partial charge in [0.05, 0.1) is 0 Å². The van der Waals surface area contributed by atoms with E-state index >= 15 is 0 Å². The number of aryl methyl sites for hydroxylation is 1. The van der Waals surface area contributed by atoms with E-state index in [9.17, 15) is 0 Å². The van der Waals surface area contributed by atoms with Crippen molar-refractivity contribution in [2.24, 2.45) is 0 Å².